The third-order valence-electron chi connectivity index (χ3n) is 5.74. The van der Waals surface area contributed by atoms with E-state index in [2.05, 4.69) is 10.4 Å². The Bertz CT molecular complexity index is 1240. The van der Waals surface area contributed by atoms with Gasteiger partial charge in [0.25, 0.3) is 5.91 Å². The van der Waals surface area contributed by atoms with Gasteiger partial charge >= 0.3 is 0 Å². The van der Waals surface area contributed by atoms with Crippen LogP contribution in [0.2, 0.25) is 0 Å². The van der Waals surface area contributed by atoms with E-state index >= 15 is 0 Å². The van der Waals surface area contributed by atoms with Crippen LogP contribution < -0.4 is 5.32 Å². The molecule has 2 heterocycles. The highest BCUT2D eigenvalue weighted by atomic mass is 16.1. The number of para-hydroxylation sites is 2. The van der Waals surface area contributed by atoms with Gasteiger partial charge < -0.3 is 5.32 Å². The molecule has 0 unspecified atom stereocenters. The van der Waals surface area contributed by atoms with Crippen molar-refractivity contribution in [2.45, 2.75) is 33.1 Å². The van der Waals surface area contributed by atoms with E-state index < -0.39 is 0 Å². The van der Waals surface area contributed by atoms with Gasteiger partial charge in [0.2, 0.25) is 0 Å². The third kappa shape index (κ3) is 3.01. The van der Waals surface area contributed by atoms with Crippen LogP contribution in [0.3, 0.4) is 0 Å². The van der Waals surface area contributed by atoms with E-state index in [1.807, 2.05) is 77.8 Å². The number of rotatable bonds is 4. The van der Waals surface area contributed by atoms with Crippen molar-refractivity contribution in [3.63, 3.8) is 0 Å². The van der Waals surface area contributed by atoms with E-state index in [4.69, 9.17) is 5.10 Å². The molecular weight excluding hydrogens is 374 g/mol. The zero-order chi connectivity index (χ0) is 20.7. The van der Waals surface area contributed by atoms with Crippen molar-refractivity contribution in [3.8, 4) is 11.4 Å². The number of aryl methyl sites for hydroxylation is 2. The average Bonchev–Trinajstić information content (AvgIpc) is 3.45. The van der Waals surface area contributed by atoms with E-state index in [1.165, 1.54) is 0 Å². The summed E-state index contributed by atoms with van der Waals surface area (Å²) < 4.78 is 3.67. The maximum atomic E-state index is 13.2. The monoisotopic (exact) mass is 397 g/mol. The molecule has 6 nitrogen and oxygen atoms in total. The summed E-state index contributed by atoms with van der Waals surface area (Å²) in [5.74, 6) is 0.598. The summed E-state index contributed by atoms with van der Waals surface area (Å²) in [5, 5.41) is 12.4. The number of hydrogen-bond donors (Lipinski definition) is 1. The van der Waals surface area contributed by atoms with Gasteiger partial charge in [-0.1, -0.05) is 36.4 Å². The van der Waals surface area contributed by atoms with Gasteiger partial charge in [-0.3, -0.25) is 4.79 Å². The van der Waals surface area contributed by atoms with Crippen molar-refractivity contribution in [3.05, 3.63) is 88.9 Å². The molecule has 5 rings (SSSR count). The summed E-state index contributed by atoms with van der Waals surface area (Å²) in [5.41, 5.74) is 6.60. The SMILES string of the molecule is Cc1ccccc1-n1ncc(C(=O)Nc2c3c(nn2-c2ccccc2)CCC3)c1C. The summed E-state index contributed by atoms with van der Waals surface area (Å²) >= 11 is 0. The number of nitrogens with one attached hydrogen (secondary N) is 1. The number of aromatic nitrogens is 4. The minimum Gasteiger partial charge on any atom is -0.306 e. The predicted octanol–water partition coefficient (Wildman–Crippen LogP) is 4.42. The van der Waals surface area contributed by atoms with Crippen LogP contribution in [0.1, 0.15) is 39.3 Å². The Morgan fingerprint density at radius 2 is 1.73 bits per heavy atom. The van der Waals surface area contributed by atoms with Crippen molar-refractivity contribution in [1.82, 2.24) is 19.6 Å². The van der Waals surface area contributed by atoms with Crippen LogP contribution >= 0.6 is 0 Å². The van der Waals surface area contributed by atoms with E-state index in [0.717, 1.165) is 59.0 Å². The first-order valence-corrected chi connectivity index (χ1v) is 10.2. The first-order chi connectivity index (χ1) is 14.6. The normalized spacial score (nSPS) is 12.7. The molecule has 6 heteroatoms. The Balaban J connectivity index is 1.51. The molecule has 0 radical (unpaired) electrons. The summed E-state index contributed by atoms with van der Waals surface area (Å²) in [6.07, 6.45) is 4.59. The van der Waals surface area contributed by atoms with Gasteiger partial charge in [-0.25, -0.2) is 9.36 Å². The van der Waals surface area contributed by atoms with Gasteiger partial charge in [0, 0.05) is 5.56 Å². The minimum atomic E-state index is -0.167. The lowest BCUT2D eigenvalue weighted by molar-refractivity contribution is 0.102. The lowest BCUT2D eigenvalue weighted by Gasteiger charge is -2.11. The molecule has 0 saturated heterocycles. The van der Waals surface area contributed by atoms with Crippen molar-refractivity contribution in [1.29, 1.82) is 0 Å². The summed E-state index contributed by atoms with van der Waals surface area (Å²) in [4.78, 5) is 13.2. The molecule has 0 saturated carbocycles. The summed E-state index contributed by atoms with van der Waals surface area (Å²) in [7, 11) is 0. The van der Waals surface area contributed by atoms with Crippen molar-refractivity contribution in [2.24, 2.45) is 0 Å². The third-order valence-corrected chi connectivity index (χ3v) is 5.74. The van der Waals surface area contributed by atoms with E-state index in [-0.39, 0.29) is 5.91 Å². The molecule has 1 N–H and O–H groups in total. The van der Waals surface area contributed by atoms with Crippen LogP contribution in [-0.4, -0.2) is 25.5 Å². The Morgan fingerprint density at radius 3 is 2.53 bits per heavy atom. The number of nitrogens with zero attached hydrogens (tertiary/aromatic N) is 4. The lowest BCUT2D eigenvalue weighted by Crippen LogP contribution is -2.17. The Hall–Kier alpha value is -3.67. The average molecular weight is 397 g/mol. The smallest absolute Gasteiger partial charge is 0.260 e. The van der Waals surface area contributed by atoms with Gasteiger partial charge in [0.05, 0.1) is 34.5 Å². The first-order valence-electron chi connectivity index (χ1n) is 10.2. The lowest BCUT2D eigenvalue weighted by atomic mass is 10.2. The number of fused-ring (bicyclic) bond motifs is 1. The molecule has 0 spiro atoms. The van der Waals surface area contributed by atoms with Crippen LogP contribution in [0.5, 0.6) is 0 Å². The van der Waals surface area contributed by atoms with Crippen molar-refractivity contribution >= 4 is 11.7 Å². The fraction of sp³-hybridized carbons (Fsp3) is 0.208. The maximum Gasteiger partial charge on any atom is 0.260 e. The molecule has 150 valence electrons. The molecule has 2 aromatic carbocycles. The molecule has 30 heavy (non-hydrogen) atoms. The van der Waals surface area contributed by atoms with Gasteiger partial charge in [0.1, 0.15) is 5.82 Å². The maximum absolute atomic E-state index is 13.2. The topological polar surface area (TPSA) is 64.7 Å². The summed E-state index contributed by atoms with van der Waals surface area (Å²) in [6, 6.07) is 17.9. The van der Waals surface area contributed by atoms with E-state index in [1.54, 1.807) is 6.20 Å². The second-order valence-electron chi connectivity index (χ2n) is 7.67. The highest BCUT2D eigenvalue weighted by Gasteiger charge is 2.25. The first kappa shape index (κ1) is 18.4. The van der Waals surface area contributed by atoms with Gasteiger partial charge in [-0.05, 0) is 56.9 Å². The number of benzene rings is 2. The second-order valence-corrected chi connectivity index (χ2v) is 7.67. The largest absolute Gasteiger partial charge is 0.306 e. The summed E-state index contributed by atoms with van der Waals surface area (Å²) in [6.45, 7) is 3.96. The minimum absolute atomic E-state index is 0.167. The molecule has 2 aromatic heterocycles. The molecule has 1 aliphatic carbocycles. The zero-order valence-corrected chi connectivity index (χ0v) is 17.1. The Morgan fingerprint density at radius 1 is 0.967 bits per heavy atom. The van der Waals surface area contributed by atoms with Gasteiger partial charge in [-0.2, -0.15) is 10.2 Å². The molecule has 4 aromatic rings. The predicted molar refractivity (Wildman–Crippen MR) is 117 cm³/mol. The van der Waals surface area contributed by atoms with Gasteiger partial charge in [0.15, 0.2) is 0 Å². The number of carbonyl (C=O) groups is 1. The second kappa shape index (κ2) is 7.30. The van der Waals surface area contributed by atoms with Crippen molar-refractivity contribution < 1.29 is 4.79 Å². The molecule has 0 aliphatic heterocycles. The van der Waals surface area contributed by atoms with Crippen LogP contribution in [0.15, 0.2) is 60.8 Å². The molecule has 0 atom stereocenters. The molecule has 1 aliphatic rings. The van der Waals surface area contributed by atoms with Crippen molar-refractivity contribution in [2.75, 3.05) is 5.32 Å². The highest BCUT2D eigenvalue weighted by Crippen LogP contribution is 2.31. The van der Waals surface area contributed by atoms with Crippen LogP contribution in [-0.2, 0) is 12.8 Å². The van der Waals surface area contributed by atoms with E-state index in [0.29, 0.717) is 5.56 Å². The molecule has 1 amide bonds. The zero-order valence-electron chi connectivity index (χ0n) is 17.1. The van der Waals surface area contributed by atoms with Crippen LogP contribution in [0.25, 0.3) is 11.4 Å². The van der Waals surface area contributed by atoms with Gasteiger partial charge in [-0.15, -0.1) is 0 Å². The van der Waals surface area contributed by atoms with E-state index in [9.17, 15) is 4.79 Å². The number of hydrogen-bond acceptors (Lipinski definition) is 3. The Labute approximate surface area is 175 Å². The van der Waals surface area contributed by atoms with Crippen LogP contribution in [0, 0.1) is 13.8 Å². The molecular formula is C24H23N5O. The standard InChI is InChI=1S/C24H23N5O/c1-16-9-6-7-14-22(16)28-17(2)20(15-25-28)24(30)26-23-19-12-8-13-21(19)27-29(23)18-10-4-3-5-11-18/h3-7,9-11,14-15H,8,12-13H2,1-2H3,(H,26,30). The Kier molecular flexibility index (Phi) is 4.47. The highest BCUT2D eigenvalue weighted by molar-refractivity contribution is 6.05. The number of carbonyl (C=O) groups excluding carboxylic acids is 1. The fourth-order valence-electron chi connectivity index (χ4n) is 4.13. The molecule has 0 bridgehead atoms. The quantitative estimate of drug-likeness (QED) is 0.555. The fourth-order valence-corrected chi connectivity index (χ4v) is 4.13. The van der Waals surface area contributed by atoms with Crippen LogP contribution in [0.4, 0.5) is 5.82 Å². The molecule has 0 fully saturated rings. The number of anilines is 1. The number of amides is 1.